The van der Waals surface area contributed by atoms with Crippen LogP contribution < -0.4 is 4.74 Å². The van der Waals surface area contributed by atoms with Gasteiger partial charge in [0, 0.05) is 12.0 Å². The summed E-state index contributed by atoms with van der Waals surface area (Å²) in [6, 6.07) is 3.63. The van der Waals surface area contributed by atoms with Crippen LogP contribution in [0.25, 0.3) is 6.08 Å². The maximum atomic E-state index is 12.8. The molecule has 0 fully saturated rings. The molecule has 13 heteroatoms. The molecular weight excluding hydrogens is 414 g/mol. The van der Waals surface area contributed by atoms with Crippen molar-refractivity contribution in [1.82, 2.24) is 0 Å². The van der Waals surface area contributed by atoms with E-state index in [2.05, 4.69) is 6.58 Å². The Hall–Kier alpha value is -1.76. The molecule has 0 aliphatic carbocycles. The fourth-order valence-corrected chi connectivity index (χ4v) is 5.39. The number of alkyl halides is 6. The number of sulfone groups is 2. The van der Waals surface area contributed by atoms with E-state index in [0.29, 0.717) is 0 Å². The monoisotopic (exact) mass is 426 g/mol. The Morgan fingerprint density at radius 1 is 1.04 bits per heavy atom. The molecule has 0 bridgehead atoms. The molecule has 0 amide bonds. The number of halogens is 6. The first-order valence-electron chi connectivity index (χ1n) is 6.50. The Kier molecular flexibility index (Phi) is 6.08. The second-order valence-corrected chi connectivity index (χ2v) is 9.39. The van der Waals surface area contributed by atoms with Gasteiger partial charge in [-0.25, -0.2) is 16.8 Å². The third kappa shape index (κ3) is 3.98. The van der Waals surface area contributed by atoms with Crippen LogP contribution in [-0.2, 0) is 26.1 Å². The minimum absolute atomic E-state index is 0.0795. The first-order valence-corrected chi connectivity index (χ1v) is 9.59. The second kappa shape index (κ2) is 7.10. The third-order valence-electron chi connectivity index (χ3n) is 3.32. The Balaban J connectivity index is 3.75. The highest BCUT2D eigenvalue weighted by molar-refractivity contribution is 8.09. The number of benzene rings is 1. The predicted molar refractivity (Wildman–Crippen MR) is 80.5 cm³/mol. The van der Waals surface area contributed by atoms with Crippen molar-refractivity contribution in [2.24, 2.45) is 0 Å². The summed E-state index contributed by atoms with van der Waals surface area (Å²) in [5.74, 6) is -0.290. The van der Waals surface area contributed by atoms with Crippen molar-refractivity contribution in [3.8, 4) is 5.75 Å². The van der Waals surface area contributed by atoms with Crippen molar-refractivity contribution in [3.05, 3.63) is 35.9 Å². The summed E-state index contributed by atoms with van der Waals surface area (Å²) in [7, 11) is -12.4. The topological polar surface area (TPSA) is 77.5 Å². The zero-order valence-electron chi connectivity index (χ0n) is 12.9. The Morgan fingerprint density at radius 2 is 1.50 bits per heavy atom. The summed E-state index contributed by atoms with van der Waals surface area (Å²) >= 11 is 0. The average molecular weight is 426 g/mol. The zero-order chi connectivity index (χ0) is 20.6. The van der Waals surface area contributed by atoms with E-state index in [-0.39, 0.29) is 11.3 Å². The standard InChI is InChI=1S/C13H12F6O5S2/c1-3-8-5-4-6-10(24-2)9(8)7-11(25(20,21)12(14,15)16)26(22,23)13(17,18)19/h3-6,11H,1,7H2,2H3. The molecular formula is C13H12F6O5S2. The Morgan fingerprint density at radius 3 is 1.85 bits per heavy atom. The normalized spacial score (nSPS) is 13.7. The van der Waals surface area contributed by atoms with E-state index in [9.17, 15) is 43.2 Å². The summed E-state index contributed by atoms with van der Waals surface area (Å²) in [6.45, 7) is 3.30. The van der Waals surface area contributed by atoms with E-state index in [0.717, 1.165) is 19.3 Å². The first kappa shape index (κ1) is 22.3. The number of methoxy groups -OCH3 is 1. The van der Waals surface area contributed by atoms with Crippen LogP contribution in [0, 0.1) is 0 Å². The van der Waals surface area contributed by atoms with Gasteiger partial charge in [-0.3, -0.25) is 0 Å². The van der Waals surface area contributed by atoms with Gasteiger partial charge in [-0.05, 0) is 11.6 Å². The highest BCUT2D eigenvalue weighted by atomic mass is 32.3. The first-order chi connectivity index (χ1) is 11.6. The highest BCUT2D eigenvalue weighted by Crippen LogP contribution is 2.39. The molecule has 0 aliphatic rings. The molecule has 5 nitrogen and oxygen atoms in total. The van der Waals surface area contributed by atoms with Gasteiger partial charge in [0.15, 0.2) is 4.58 Å². The molecule has 1 aromatic rings. The van der Waals surface area contributed by atoms with Crippen LogP contribution in [0.5, 0.6) is 5.75 Å². The SMILES string of the molecule is C=Cc1cccc(OC)c1CC(S(=O)(=O)C(F)(F)F)S(=O)(=O)C(F)(F)F. The molecule has 0 heterocycles. The van der Waals surface area contributed by atoms with Crippen LogP contribution in [0.1, 0.15) is 11.1 Å². The summed E-state index contributed by atoms with van der Waals surface area (Å²) in [5.41, 5.74) is -13.0. The van der Waals surface area contributed by atoms with E-state index in [4.69, 9.17) is 4.74 Å². The molecule has 26 heavy (non-hydrogen) atoms. The number of rotatable bonds is 6. The maximum Gasteiger partial charge on any atom is 0.498 e. The average Bonchev–Trinajstić information content (AvgIpc) is 2.49. The van der Waals surface area contributed by atoms with E-state index >= 15 is 0 Å². The molecule has 0 atom stereocenters. The Labute approximate surface area is 145 Å². The van der Waals surface area contributed by atoms with E-state index in [1.807, 2.05) is 0 Å². The molecule has 0 aromatic heterocycles. The van der Waals surface area contributed by atoms with Crippen molar-refractivity contribution >= 4 is 25.8 Å². The van der Waals surface area contributed by atoms with Crippen LogP contribution in [-0.4, -0.2) is 39.5 Å². The van der Waals surface area contributed by atoms with Crippen molar-refractivity contribution in [3.63, 3.8) is 0 Å². The van der Waals surface area contributed by atoms with E-state index in [1.165, 1.54) is 12.1 Å². The van der Waals surface area contributed by atoms with Crippen molar-refractivity contribution in [2.75, 3.05) is 7.11 Å². The van der Waals surface area contributed by atoms with Gasteiger partial charge in [0.1, 0.15) is 5.75 Å². The van der Waals surface area contributed by atoms with Crippen molar-refractivity contribution in [1.29, 1.82) is 0 Å². The lowest BCUT2D eigenvalue weighted by molar-refractivity contribution is -0.0471. The van der Waals surface area contributed by atoms with Crippen LogP contribution in [0.2, 0.25) is 0 Å². The number of hydrogen-bond donors (Lipinski definition) is 0. The van der Waals surface area contributed by atoms with Crippen molar-refractivity contribution in [2.45, 2.75) is 22.0 Å². The Bertz CT molecular complexity index is 841. The minimum Gasteiger partial charge on any atom is -0.496 e. The van der Waals surface area contributed by atoms with Crippen LogP contribution in [0.4, 0.5) is 26.3 Å². The van der Waals surface area contributed by atoms with E-state index < -0.39 is 47.3 Å². The molecule has 0 saturated carbocycles. The lowest BCUT2D eigenvalue weighted by Gasteiger charge is -2.22. The number of ether oxygens (including phenoxy) is 1. The number of hydrogen-bond acceptors (Lipinski definition) is 5. The van der Waals surface area contributed by atoms with Gasteiger partial charge >= 0.3 is 11.0 Å². The minimum atomic E-state index is -6.73. The van der Waals surface area contributed by atoms with Gasteiger partial charge in [0.2, 0.25) is 0 Å². The van der Waals surface area contributed by atoms with Crippen LogP contribution >= 0.6 is 0 Å². The highest BCUT2D eigenvalue weighted by Gasteiger charge is 2.62. The summed E-state index contributed by atoms with van der Waals surface area (Å²) < 4.78 is 124. The molecule has 1 rings (SSSR count). The van der Waals surface area contributed by atoms with Crippen LogP contribution in [0.15, 0.2) is 24.8 Å². The predicted octanol–water partition coefficient (Wildman–Crippen LogP) is 3.08. The summed E-state index contributed by atoms with van der Waals surface area (Å²) in [6.07, 6.45) is -0.621. The maximum absolute atomic E-state index is 12.8. The zero-order valence-corrected chi connectivity index (χ0v) is 14.6. The fraction of sp³-hybridized carbons (Fsp3) is 0.385. The van der Waals surface area contributed by atoms with E-state index in [1.54, 1.807) is 0 Å². The van der Waals surface area contributed by atoms with Crippen molar-refractivity contribution < 1.29 is 47.9 Å². The fourth-order valence-electron chi connectivity index (χ4n) is 2.03. The molecule has 0 N–H and O–H groups in total. The van der Waals surface area contributed by atoms with Gasteiger partial charge in [-0.15, -0.1) is 0 Å². The molecule has 1 aromatic carbocycles. The molecule has 0 unspecified atom stereocenters. The molecule has 0 saturated heterocycles. The second-order valence-electron chi connectivity index (χ2n) is 4.85. The van der Waals surface area contributed by atoms with Gasteiger partial charge < -0.3 is 4.74 Å². The molecule has 0 aliphatic heterocycles. The largest absolute Gasteiger partial charge is 0.498 e. The van der Waals surface area contributed by atoms with Gasteiger partial charge in [-0.1, -0.05) is 24.8 Å². The lowest BCUT2D eigenvalue weighted by Crippen LogP contribution is -2.46. The van der Waals surface area contributed by atoms with Gasteiger partial charge in [0.25, 0.3) is 19.7 Å². The quantitative estimate of drug-likeness (QED) is 0.654. The third-order valence-corrected chi connectivity index (χ3v) is 7.85. The van der Waals surface area contributed by atoms with Crippen LogP contribution in [0.3, 0.4) is 0 Å². The summed E-state index contributed by atoms with van der Waals surface area (Å²) in [5, 5.41) is 0. The van der Waals surface area contributed by atoms with Gasteiger partial charge in [-0.2, -0.15) is 26.3 Å². The summed E-state index contributed by atoms with van der Waals surface area (Å²) in [4.78, 5) is 0. The molecule has 0 radical (unpaired) electrons. The smallest absolute Gasteiger partial charge is 0.496 e. The van der Waals surface area contributed by atoms with Gasteiger partial charge in [0.05, 0.1) is 7.11 Å². The molecule has 148 valence electrons. The lowest BCUT2D eigenvalue weighted by atomic mass is 10.0. The molecule has 0 spiro atoms.